The van der Waals surface area contributed by atoms with Crippen molar-refractivity contribution in [2.24, 2.45) is 0 Å². The van der Waals surface area contributed by atoms with Crippen molar-refractivity contribution < 1.29 is 4.74 Å². The molecule has 8 nitrogen and oxygen atoms in total. The van der Waals surface area contributed by atoms with Crippen LogP contribution < -0.4 is 10.9 Å². The van der Waals surface area contributed by atoms with Crippen LogP contribution in [-0.2, 0) is 11.3 Å². The number of aromatic nitrogens is 5. The molecule has 0 radical (unpaired) electrons. The third kappa shape index (κ3) is 6.04. The van der Waals surface area contributed by atoms with Gasteiger partial charge in [-0.25, -0.2) is 9.50 Å². The summed E-state index contributed by atoms with van der Waals surface area (Å²) in [6.07, 6.45) is 12.0. The molecular formula is C26H32BN7O. The van der Waals surface area contributed by atoms with E-state index in [0.29, 0.717) is 12.4 Å². The van der Waals surface area contributed by atoms with Gasteiger partial charge in [-0.2, -0.15) is 0 Å². The number of likely N-dealkylation sites (tertiary alicyclic amines) is 1. The van der Waals surface area contributed by atoms with Gasteiger partial charge in [0.1, 0.15) is 11.2 Å². The quantitative estimate of drug-likeness (QED) is 0.298. The van der Waals surface area contributed by atoms with E-state index in [-0.39, 0.29) is 0 Å². The number of fused-ring (bicyclic) bond motifs is 1. The van der Waals surface area contributed by atoms with E-state index >= 15 is 0 Å². The van der Waals surface area contributed by atoms with Crippen molar-refractivity contribution in [1.82, 2.24) is 29.5 Å². The smallest absolute Gasteiger partial charge is 0.200 e. The topological polar surface area (TPSA) is 80.5 Å². The second kappa shape index (κ2) is 11.4. The van der Waals surface area contributed by atoms with E-state index in [0.717, 1.165) is 53.4 Å². The Bertz CT molecular complexity index is 1250. The minimum absolute atomic E-state index is 0.505. The average molecular weight is 469 g/mol. The van der Waals surface area contributed by atoms with Gasteiger partial charge >= 0.3 is 0 Å². The molecule has 9 heteroatoms. The van der Waals surface area contributed by atoms with Crippen molar-refractivity contribution in [3.8, 4) is 11.5 Å². The first-order chi connectivity index (χ1) is 17.3. The molecule has 0 saturated carbocycles. The van der Waals surface area contributed by atoms with Crippen LogP contribution >= 0.6 is 0 Å². The van der Waals surface area contributed by atoms with Crippen molar-refractivity contribution in [3.05, 3.63) is 60.6 Å². The highest BCUT2D eigenvalue weighted by Crippen LogP contribution is 2.25. The summed E-state index contributed by atoms with van der Waals surface area (Å²) in [4.78, 5) is 16.3. The molecular weight excluding hydrogens is 437 g/mol. The standard InChI is InChI=1S/C26H32BN7O/c27-24-10-5-8-22(29-24)25-31-26(23-9-6-16-34(23)32-25)30-21-11-12-28-18-20(21)19-35-17-7-15-33-13-3-1-2-4-14-33/h5-6,8-12,16,18H,1-4,7,13-15,17,19,27H2,(H,28,30,31,32). The molecule has 5 heterocycles. The second-order valence-electron chi connectivity index (χ2n) is 9.11. The molecule has 0 atom stereocenters. The van der Waals surface area contributed by atoms with Crippen LogP contribution in [0.2, 0.25) is 0 Å². The van der Waals surface area contributed by atoms with E-state index < -0.39 is 0 Å². The van der Waals surface area contributed by atoms with Crippen LogP contribution in [0.5, 0.6) is 0 Å². The molecule has 180 valence electrons. The molecule has 0 unspecified atom stereocenters. The lowest BCUT2D eigenvalue weighted by atomic mass is 10.0. The van der Waals surface area contributed by atoms with Gasteiger partial charge in [-0.3, -0.25) is 9.97 Å². The summed E-state index contributed by atoms with van der Waals surface area (Å²) in [7, 11) is 1.97. The number of nitrogens with one attached hydrogen (secondary N) is 1. The van der Waals surface area contributed by atoms with Crippen molar-refractivity contribution >= 4 is 30.5 Å². The first-order valence-corrected chi connectivity index (χ1v) is 12.6. The largest absolute Gasteiger partial charge is 0.377 e. The highest BCUT2D eigenvalue weighted by molar-refractivity contribution is 6.30. The number of rotatable bonds is 9. The third-order valence-corrected chi connectivity index (χ3v) is 6.38. The molecule has 0 bridgehead atoms. The zero-order valence-electron chi connectivity index (χ0n) is 20.4. The molecule has 1 aliphatic heterocycles. The summed E-state index contributed by atoms with van der Waals surface area (Å²) in [6, 6.07) is 11.8. The first kappa shape index (κ1) is 23.4. The van der Waals surface area contributed by atoms with E-state index in [1.807, 2.05) is 61.2 Å². The van der Waals surface area contributed by atoms with E-state index in [1.165, 1.54) is 38.8 Å². The Morgan fingerprint density at radius 1 is 1.00 bits per heavy atom. The molecule has 0 amide bonds. The zero-order chi connectivity index (χ0) is 23.9. The van der Waals surface area contributed by atoms with Crippen LogP contribution in [0.4, 0.5) is 11.5 Å². The molecule has 0 spiro atoms. The highest BCUT2D eigenvalue weighted by atomic mass is 16.5. The fourth-order valence-electron chi connectivity index (χ4n) is 4.53. The van der Waals surface area contributed by atoms with Gasteiger partial charge in [0.05, 0.1) is 6.61 Å². The van der Waals surface area contributed by atoms with Crippen LogP contribution in [-0.4, -0.2) is 63.6 Å². The SMILES string of the molecule is Bc1cccc(-c2nc(Nc3ccncc3COCCCN3CCCCCC3)c3cccn3n2)n1. The lowest BCUT2D eigenvalue weighted by molar-refractivity contribution is 0.109. The number of anilines is 2. The number of ether oxygens (including phenoxy) is 1. The first-order valence-electron chi connectivity index (χ1n) is 12.6. The van der Waals surface area contributed by atoms with Crippen molar-refractivity contribution in [3.63, 3.8) is 0 Å². The fourth-order valence-corrected chi connectivity index (χ4v) is 4.53. The summed E-state index contributed by atoms with van der Waals surface area (Å²) >= 11 is 0. The predicted molar refractivity (Wildman–Crippen MR) is 141 cm³/mol. The van der Waals surface area contributed by atoms with Gasteiger partial charge in [0.15, 0.2) is 13.7 Å². The molecule has 1 N–H and O–H groups in total. The average Bonchev–Trinajstić information content (AvgIpc) is 3.20. The Kier molecular flexibility index (Phi) is 7.65. The Morgan fingerprint density at radius 2 is 1.89 bits per heavy atom. The number of hydrogen-bond donors (Lipinski definition) is 1. The van der Waals surface area contributed by atoms with Gasteiger partial charge in [-0.15, -0.1) is 5.10 Å². The Labute approximate surface area is 207 Å². The van der Waals surface area contributed by atoms with Gasteiger partial charge in [0.25, 0.3) is 0 Å². The molecule has 4 aromatic rings. The maximum Gasteiger partial charge on any atom is 0.200 e. The number of pyridine rings is 2. The van der Waals surface area contributed by atoms with E-state index in [9.17, 15) is 0 Å². The maximum absolute atomic E-state index is 6.04. The van der Waals surface area contributed by atoms with E-state index in [2.05, 4.69) is 25.3 Å². The summed E-state index contributed by atoms with van der Waals surface area (Å²) < 4.78 is 7.87. The number of nitrogens with zero attached hydrogens (tertiary/aromatic N) is 6. The number of hydrogen-bond acceptors (Lipinski definition) is 7. The summed E-state index contributed by atoms with van der Waals surface area (Å²) in [5, 5.41) is 8.15. The van der Waals surface area contributed by atoms with Gasteiger partial charge in [0, 0.05) is 43.0 Å². The van der Waals surface area contributed by atoms with Crippen LogP contribution in [0.3, 0.4) is 0 Å². The fraction of sp³-hybridized carbons (Fsp3) is 0.385. The molecule has 1 saturated heterocycles. The van der Waals surface area contributed by atoms with Crippen molar-refractivity contribution in [2.45, 2.75) is 38.7 Å². The Balaban J connectivity index is 1.27. The molecule has 1 aliphatic rings. The molecule has 35 heavy (non-hydrogen) atoms. The monoisotopic (exact) mass is 469 g/mol. The Hall–Kier alpha value is -3.30. The normalized spacial score (nSPS) is 14.7. The lowest BCUT2D eigenvalue weighted by Crippen LogP contribution is -2.26. The van der Waals surface area contributed by atoms with Crippen LogP contribution in [0.1, 0.15) is 37.7 Å². The summed E-state index contributed by atoms with van der Waals surface area (Å²) in [6.45, 7) is 4.81. The molecule has 0 aromatic carbocycles. The molecule has 1 fully saturated rings. The third-order valence-electron chi connectivity index (χ3n) is 6.38. The van der Waals surface area contributed by atoms with Gasteiger partial charge in [0.2, 0.25) is 5.82 Å². The molecule has 5 rings (SSSR count). The van der Waals surface area contributed by atoms with Crippen molar-refractivity contribution in [1.29, 1.82) is 0 Å². The molecule has 4 aromatic heterocycles. The van der Waals surface area contributed by atoms with Crippen molar-refractivity contribution in [2.75, 3.05) is 31.6 Å². The van der Waals surface area contributed by atoms with Gasteiger partial charge in [-0.05, 0) is 62.2 Å². The summed E-state index contributed by atoms with van der Waals surface area (Å²) in [5.41, 5.74) is 4.49. The zero-order valence-corrected chi connectivity index (χ0v) is 20.4. The highest BCUT2D eigenvalue weighted by Gasteiger charge is 2.13. The minimum atomic E-state index is 0.505. The molecule has 0 aliphatic carbocycles. The Morgan fingerprint density at radius 3 is 2.74 bits per heavy atom. The predicted octanol–water partition coefficient (Wildman–Crippen LogP) is 2.97. The maximum atomic E-state index is 6.04. The van der Waals surface area contributed by atoms with Crippen LogP contribution in [0, 0.1) is 0 Å². The second-order valence-corrected chi connectivity index (χ2v) is 9.11. The van der Waals surface area contributed by atoms with Gasteiger partial charge < -0.3 is 15.0 Å². The van der Waals surface area contributed by atoms with E-state index in [1.54, 1.807) is 6.20 Å². The van der Waals surface area contributed by atoms with Crippen LogP contribution in [0.25, 0.3) is 17.0 Å². The van der Waals surface area contributed by atoms with Gasteiger partial charge in [-0.1, -0.05) is 25.0 Å². The summed E-state index contributed by atoms with van der Waals surface area (Å²) in [5.74, 6) is 1.29. The van der Waals surface area contributed by atoms with Crippen LogP contribution in [0.15, 0.2) is 55.0 Å². The van der Waals surface area contributed by atoms with E-state index in [4.69, 9.17) is 9.72 Å². The lowest BCUT2D eigenvalue weighted by Gasteiger charge is -2.19. The minimum Gasteiger partial charge on any atom is -0.377 e.